The number of phenols is 1. The molecular formula is C17H22N2O2. The van der Waals surface area contributed by atoms with Crippen LogP contribution in [0, 0.1) is 0 Å². The van der Waals surface area contributed by atoms with E-state index in [0.29, 0.717) is 13.1 Å². The first-order valence-corrected chi connectivity index (χ1v) is 7.15. The first kappa shape index (κ1) is 15.3. The minimum Gasteiger partial charge on any atom is -0.508 e. The Labute approximate surface area is 125 Å². The predicted molar refractivity (Wildman–Crippen MR) is 85.2 cm³/mol. The lowest BCUT2D eigenvalue weighted by Crippen LogP contribution is -2.38. The van der Waals surface area contributed by atoms with Crippen LogP contribution in [0.25, 0.3) is 10.8 Å². The Morgan fingerprint density at radius 2 is 1.95 bits per heavy atom. The molecule has 1 amide bonds. The normalized spacial score (nSPS) is 11.3. The van der Waals surface area contributed by atoms with E-state index in [1.807, 2.05) is 56.1 Å². The maximum Gasteiger partial charge on any atom is 0.234 e. The standard InChI is InChI=1S/C17H22N2O2/c1-12(2)18-17(21)11-19(3)10-15-14-7-5-4-6-13(14)8-9-16(15)20/h4-9,12,20H,10-11H2,1-3H3,(H,18,21). The molecule has 21 heavy (non-hydrogen) atoms. The lowest BCUT2D eigenvalue weighted by Gasteiger charge is -2.19. The highest BCUT2D eigenvalue weighted by Gasteiger charge is 2.12. The van der Waals surface area contributed by atoms with Crippen molar-refractivity contribution in [3.8, 4) is 5.75 Å². The van der Waals surface area contributed by atoms with Crippen LogP contribution in [0.4, 0.5) is 0 Å². The molecule has 2 aromatic rings. The zero-order valence-corrected chi connectivity index (χ0v) is 12.8. The monoisotopic (exact) mass is 286 g/mol. The van der Waals surface area contributed by atoms with E-state index in [2.05, 4.69) is 5.32 Å². The van der Waals surface area contributed by atoms with Gasteiger partial charge in [-0.15, -0.1) is 0 Å². The minimum absolute atomic E-state index is 0.00720. The van der Waals surface area contributed by atoms with Gasteiger partial charge >= 0.3 is 0 Å². The van der Waals surface area contributed by atoms with Crippen molar-refractivity contribution in [3.63, 3.8) is 0 Å². The summed E-state index contributed by atoms with van der Waals surface area (Å²) in [5, 5.41) is 15.1. The van der Waals surface area contributed by atoms with Gasteiger partial charge in [-0.2, -0.15) is 0 Å². The molecule has 0 saturated heterocycles. The summed E-state index contributed by atoms with van der Waals surface area (Å²) >= 11 is 0. The van der Waals surface area contributed by atoms with Crippen molar-refractivity contribution in [1.29, 1.82) is 0 Å². The molecule has 112 valence electrons. The number of benzene rings is 2. The van der Waals surface area contributed by atoms with Crippen LogP contribution in [-0.4, -0.2) is 35.5 Å². The maximum atomic E-state index is 11.8. The van der Waals surface area contributed by atoms with Crippen LogP contribution in [0.3, 0.4) is 0 Å². The predicted octanol–water partition coefficient (Wildman–Crippen LogP) is 2.50. The van der Waals surface area contributed by atoms with E-state index in [1.54, 1.807) is 6.07 Å². The third-order valence-corrected chi connectivity index (χ3v) is 3.31. The first-order valence-electron chi connectivity index (χ1n) is 7.15. The Bertz CT molecular complexity index is 638. The molecule has 0 unspecified atom stereocenters. The zero-order chi connectivity index (χ0) is 15.4. The lowest BCUT2D eigenvalue weighted by molar-refractivity contribution is -0.122. The van der Waals surface area contributed by atoms with E-state index in [0.717, 1.165) is 16.3 Å². The van der Waals surface area contributed by atoms with Crippen molar-refractivity contribution >= 4 is 16.7 Å². The molecule has 0 saturated carbocycles. The van der Waals surface area contributed by atoms with Crippen LogP contribution in [0.5, 0.6) is 5.75 Å². The van der Waals surface area contributed by atoms with Crippen molar-refractivity contribution in [2.75, 3.05) is 13.6 Å². The van der Waals surface area contributed by atoms with Gasteiger partial charge < -0.3 is 10.4 Å². The highest BCUT2D eigenvalue weighted by molar-refractivity contribution is 5.87. The molecule has 2 N–H and O–H groups in total. The fourth-order valence-corrected chi connectivity index (χ4v) is 2.43. The van der Waals surface area contributed by atoms with Gasteiger partial charge in [0.05, 0.1) is 6.54 Å². The maximum absolute atomic E-state index is 11.8. The summed E-state index contributed by atoms with van der Waals surface area (Å²) in [6, 6.07) is 11.7. The second kappa shape index (κ2) is 6.59. The van der Waals surface area contributed by atoms with Crippen LogP contribution in [0.1, 0.15) is 19.4 Å². The number of carbonyl (C=O) groups is 1. The van der Waals surface area contributed by atoms with E-state index < -0.39 is 0 Å². The molecule has 0 bridgehead atoms. The molecule has 0 aliphatic carbocycles. The summed E-state index contributed by atoms with van der Waals surface area (Å²) in [6.07, 6.45) is 0. The number of amides is 1. The molecule has 4 nitrogen and oxygen atoms in total. The Morgan fingerprint density at radius 3 is 2.67 bits per heavy atom. The van der Waals surface area contributed by atoms with Crippen LogP contribution in [0.15, 0.2) is 36.4 Å². The summed E-state index contributed by atoms with van der Waals surface area (Å²) in [4.78, 5) is 13.7. The SMILES string of the molecule is CC(C)NC(=O)CN(C)Cc1c(O)ccc2ccccc12. The van der Waals surface area contributed by atoms with Crippen LogP contribution in [0.2, 0.25) is 0 Å². The number of hydrogen-bond donors (Lipinski definition) is 2. The molecular weight excluding hydrogens is 264 g/mol. The largest absolute Gasteiger partial charge is 0.508 e. The summed E-state index contributed by atoms with van der Waals surface area (Å²) in [6.45, 7) is 4.71. The van der Waals surface area contributed by atoms with E-state index in [9.17, 15) is 9.90 Å². The van der Waals surface area contributed by atoms with Crippen LogP contribution >= 0.6 is 0 Å². The van der Waals surface area contributed by atoms with Gasteiger partial charge in [0.25, 0.3) is 0 Å². The third-order valence-electron chi connectivity index (χ3n) is 3.31. The van der Waals surface area contributed by atoms with Crippen LogP contribution in [-0.2, 0) is 11.3 Å². The van der Waals surface area contributed by atoms with Gasteiger partial charge in [-0.3, -0.25) is 9.69 Å². The summed E-state index contributed by atoms with van der Waals surface area (Å²) in [5.74, 6) is 0.261. The Hall–Kier alpha value is -2.07. The van der Waals surface area contributed by atoms with Crippen molar-refractivity contribution in [3.05, 3.63) is 42.0 Å². The summed E-state index contributed by atoms with van der Waals surface area (Å²) in [5.41, 5.74) is 0.855. The van der Waals surface area contributed by atoms with Crippen molar-refractivity contribution < 1.29 is 9.90 Å². The number of likely N-dealkylation sites (N-methyl/N-ethyl adjacent to an activating group) is 1. The molecule has 0 aromatic heterocycles. The van der Waals surface area contributed by atoms with Crippen LogP contribution < -0.4 is 5.32 Å². The Morgan fingerprint density at radius 1 is 1.24 bits per heavy atom. The summed E-state index contributed by atoms with van der Waals surface area (Å²) < 4.78 is 0. The molecule has 0 atom stereocenters. The number of fused-ring (bicyclic) bond motifs is 1. The molecule has 0 aliphatic heterocycles. The number of carbonyl (C=O) groups excluding carboxylic acids is 1. The molecule has 2 rings (SSSR count). The van der Waals surface area contributed by atoms with Gasteiger partial charge in [-0.25, -0.2) is 0 Å². The number of nitrogens with one attached hydrogen (secondary N) is 1. The van der Waals surface area contributed by atoms with Crippen molar-refractivity contribution in [2.24, 2.45) is 0 Å². The highest BCUT2D eigenvalue weighted by atomic mass is 16.3. The lowest BCUT2D eigenvalue weighted by atomic mass is 10.0. The molecule has 0 heterocycles. The molecule has 2 aromatic carbocycles. The smallest absolute Gasteiger partial charge is 0.234 e. The minimum atomic E-state index is -0.00720. The molecule has 0 fully saturated rings. The second-order valence-corrected chi connectivity index (χ2v) is 5.68. The van der Waals surface area contributed by atoms with Gasteiger partial charge in [-0.1, -0.05) is 30.3 Å². The number of aromatic hydroxyl groups is 1. The number of rotatable bonds is 5. The molecule has 0 radical (unpaired) electrons. The Kier molecular flexibility index (Phi) is 4.81. The number of hydrogen-bond acceptors (Lipinski definition) is 3. The van der Waals surface area contributed by atoms with Gasteiger partial charge in [0.15, 0.2) is 0 Å². The number of nitrogens with zero attached hydrogens (tertiary/aromatic N) is 1. The van der Waals surface area contributed by atoms with Gasteiger partial charge in [0.2, 0.25) is 5.91 Å². The fourth-order valence-electron chi connectivity index (χ4n) is 2.43. The number of phenolic OH excluding ortho intramolecular Hbond substituents is 1. The van der Waals surface area contributed by atoms with E-state index in [1.165, 1.54) is 0 Å². The third kappa shape index (κ3) is 3.95. The topological polar surface area (TPSA) is 52.6 Å². The van der Waals surface area contributed by atoms with Crippen molar-refractivity contribution in [1.82, 2.24) is 10.2 Å². The van der Waals surface area contributed by atoms with Gasteiger partial charge in [-0.05, 0) is 37.7 Å². The fraction of sp³-hybridized carbons (Fsp3) is 0.353. The van der Waals surface area contributed by atoms with Crippen molar-refractivity contribution in [2.45, 2.75) is 26.4 Å². The molecule has 0 aliphatic rings. The second-order valence-electron chi connectivity index (χ2n) is 5.68. The summed E-state index contributed by atoms with van der Waals surface area (Å²) in [7, 11) is 1.88. The van der Waals surface area contributed by atoms with Gasteiger partial charge in [0.1, 0.15) is 5.75 Å². The van der Waals surface area contributed by atoms with E-state index >= 15 is 0 Å². The molecule has 0 spiro atoms. The molecule has 4 heteroatoms. The average molecular weight is 286 g/mol. The zero-order valence-electron chi connectivity index (χ0n) is 12.8. The quantitative estimate of drug-likeness (QED) is 0.888. The van der Waals surface area contributed by atoms with Gasteiger partial charge in [0, 0.05) is 18.2 Å². The Balaban J connectivity index is 2.15. The van der Waals surface area contributed by atoms with E-state index in [-0.39, 0.29) is 17.7 Å². The highest BCUT2D eigenvalue weighted by Crippen LogP contribution is 2.27. The average Bonchev–Trinajstić information content (AvgIpc) is 2.41. The first-order chi connectivity index (χ1) is 9.97. The van der Waals surface area contributed by atoms with E-state index in [4.69, 9.17) is 0 Å².